The van der Waals surface area contributed by atoms with Crippen molar-refractivity contribution in [3.8, 4) is 0 Å². The van der Waals surface area contributed by atoms with Gasteiger partial charge in [-0.25, -0.2) is 9.59 Å². The van der Waals surface area contributed by atoms with Crippen molar-refractivity contribution < 1.29 is 29.1 Å². The standard InChI is InChI=1S/C19H25IN2O6/c1-18(2,3)27-17(26)21-11-10-19(4,20)22(14(12-21)15(23)24)28-16(25)13-8-6-5-7-9-13/h5-9,14H,10-12H2,1-4H3,(H,23,24). The number of hydroxylamine groups is 2. The molecule has 1 saturated heterocycles. The highest BCUT2D eigenvalue weighted by Gasteiger charge is 2.46. The zero-order valence-electron chi connectivity index (χ0n) is 16.3. The molecular weight excluding hydrogens is 479 g/mol. The van der Waals surface area contributed by atoms with Crippen molar-refractivity contribution >= 4 is 40.6 Å². The number of alkyl halides is 1. The molecule has 0 aliphatic carbocycles. The van der Waals surface area contributed by atoms with Crippen molar-refractivity contribution in [2.75, 3.05) is 13.1 Å². The Balaban J connectivity index is 2.27. The molecule has 0 saturated carbocycles. The van der Waals surface area contributed by atoms with E-state index in [4.69, 9.17) is 9.57 Å². The second-order valence-electron chi connectivity index (χ2n) is 7.74. The third-order valence-corrected chi connectivity index (χ3v) is 5.12. The van der Waals surface area contributed by atoms with Crippen LogP contribution in [0.5, 0.6) is 0 Å². The van der Waals surface area contributed by atoms with Crippen molar-refractivity contribution in [3.63, 3.8) is 0 Å². The van der Waals surface area contributed by atoms with Gasteiger partial charge in [0, 0.05) is 6.54 Å². The Bertz CT molecular complexity index is 732. The number of amides is 1. The largest absolute Gasteiger partial charge is 0.480 e. The average Bonchev–Trinajstić information content (AvgIpc) is 2.71. The molecule has 1 aliphatic heterocycles. The molecule has 0 aromatic heterocycles. The highest BCUT2D eigenvalue weighted by atomic mass is 127. The number of aliphatic carboxylic acids is 1. The van der Waals surface area contributed by atoms with Gasteiger partial charge in [0.25, 0.3) is 0 Å². The molecule has 1 N–H and O–H groups in total. The predicted octanol–water partition coefficient (Wildman–Crippen LogP) is 3.31. The molecule has 1 heterocycles. The molecular formula is C19H25IN2O6. The molecule has 1 aromatic rings. The van der Waals surface area contributed by atoms with Crippen molar-refractivity contribution in [3.05, 3.63) is 35.9 Å². The Morgan fingerprint density at radius 1 is 1.21 bits per heavy atom. The van der Waals surface area contributed by atoms with Gasteiger partial charge in [-0.15, -0.1) is 5.06 Å². The van der Waals surface area contributed by atoms with Crippen LogP contribution in [0.15, 0.2) is 30.3 Å². The Hall–Kier alpha value is -1.88. The van der Waals surface area contributed by atoms with Gasteiger partial charge >= 0.3 is 18.0 Å². The second-order valence-corrected chi connectivity index (χ2v) is 10.1. The van der Waals surface area contributed by atoms with E-state index in [0.717, 1.165) is 0 Å². The molecule has 1 aliphatic rings. The predicted molar refractivity (Wildman–Crippen MR) is 110 cm³/mol. The normalized spacial score (nSPS) is 23.6. The quantitative estimate of drug-likeness (QED) is 0.384. The van der Waals surface area contributed by atoms with E-state index >= 15 is 0 Å². The van der Waals surface area contributed by atoms with Crippen molar-refractivity contribution in [1.29, 1.82) is 0 Å². The maximum atomic E-state index is 12.5. The number of halogens is 1. The number of hydrogen-bond donors (Lipinski definition) is 1. The molecule has 0 radical (unpaired) electrons. The number of benzene rings is 1. The molecule has 1 aromatic carbocycles. The van der Waals surface area contributed by atoms with Crippen molar-refractivity contribution in [2.45, 2.75) is 49.3 Å². The molecule has 1 fully saturated rings. The van der Waals surface area contributed by atoms with Crippen LogP contribution in [-0.2, 0) is 14.4 Å². The SMILES string of the molecule is CC(C)(C)OC(=O)N1CCC(C)(I)N(OC(=O)c2ccccc2)C(C(=O)O)C1. The number of rotatable bonds is 3. The monoisotopic (exact) mass is 504 g/mol. The molecule has 9 heteroatoms. The Labute approximate surface area is 177 Å². The Morgan fingerprint density at radius 2 is 1.82 bits per heavy atom. The molecule has 154 valence electrons. The summed E-state index contributed by atoms with van der Waals surface area (Å²) in [5.41, 5.74) is -0.387. The Morgan fingerprint density at radius 3 is 2.36 bits per heavy atom. The summed E-state index contributed by atoms with van der Waals surface area (Å²) in [4.78, 5) is 43.8. The number of carboxylic acids is 1. The van der Waals surface area contributed by atoms with E-state index in [-0.39, 0.29) is 13.1 Å². The van der Waals surface area contributed by atoms with Crippen molar-refractivity contribution in [1.82, 2.24) is 9.96 Å². The summed E-state index contributed by atoms with van der Waals surface area (Å²) in [5, 5.41) is 10.9. The summed E-state index contributed by atoms with van der Waals surface area (Å²) in [6.45, 7) is 7.11. The van der Waals surface area contributed by atoms with E-state index in [1.807, 2.05) is 22.6 Å². The van der Waals surface area contributed by atoms with Crippen LogP contribution >= 0.6 is 22.6 Å². The third-order valence-electron chi connectivity index (χ3n) is 4.10. The summed E-state index contributed by atoms with van der Waals surface area (Å²) < 4.78 is 4.55. The van der Waals surface area contributed by atoms with Gasteiger partial charge in [0.05, 0.1) is 12.1 Å². The van der Waals surface area contributed by atoms with Gasteiger partial charge in [0.15, 0.2) is 6.04 Å². The fourth-order valence-electron chi connectivity index (χ4n) is 2.69. The molecule has 1 amide bonds. The molecule has 2 unspecified atom stereocenters. The molecule has 28 heavy (non-hydrogen) atoms. The molecule has 0 spiro atoms. The highest BCUT2D eigenvalue weighted by molar-refractivity contribution is 14.1. The lowest BCUT2D eigenvalue weighted by atomic mass is 10.2. The number of ether oxygens (including phenoxy) is 1. The van der Waals surface area contributed by atoms with E-state index in [1.165, 1.54) is 9.96 Å². The fourth-order valence-corrected chi connectivity index (χ4v) is 3.37. The van der Waals surface area contributed by atoms with Gasteiger partial charge in [0.2, 0.25) is 0 Å². The van der Waals surface area contributed by atoms with Gasteiger partial charge in [-0.1, -0.05) is 40.8 Å². The lowest BCUT2D eigenvalue weighted by molar-refractivity contribution is -0.185. The summed E-state index contributed by atoms with van der Waals surface area (Å²) in [6.07, 6.45) is -0.208. The number of carbonyl (C=O) groups excluding carboxylic acids is 2. The van der Waals surface area contributed by atoms with E-state index in [2.05, 4.69) is 0 Å². The average molecular weight is 504 g/mol. The van der Waals surface area contributed by atoms with Gasteiger partial charge in [-0.05, 0) is 46.2 Å². The van der Waals surface area contributed by atoms with Crippen LogP contribution in [0.4, 0.5) is 4.79 Å². The van der Waals surface area contributed by atoms with Gasteiger partial charge in [-0.2, -0.15) is 0 Å². The molecule has 2 atom stereocenters. The smallest absolute Gasteiger partial charge is 0.410 e. The van der Waals surface area contributed by atoms with Crippen LogP contribution < -0.4 is 0 Å². The zero-order chi connectivity index (χ0) is 21.1. The third kappa shape index (κ3) is 5.81. The second kappa shape index (κ2) is 8.64. The number of carbonyl (C=O) groups is 3. The first-order valence-electron chi connectivity index (χ1n) is 8.87. The molecule has 2 rings (SSSR count). The maximum absolute atomic E-state index is 12.5. The van der Waals surface area contributed by atoms with E-state index in [9.17, 15) is 19.5 Å². The number of hydrogen-bond acceptors (Lipinski definition) is 6. The van der Waals surface area contributed by atoms with Crippen LogP contribution in [0.25, 0.3) is 0 Å². The maximum Gasteiger partial charge on any atom is 0.410 e. The van der Waals surface area contributed by atoms with Gasteiger partial charge < -0.3 is 19.6 Å². The first-order valence-corrected chi connectivity index (χ1v) is 9.95. The minimum Gasteiger partial charge on any atom is -0.480 e. The van der Waals surface area contributed by atoms with E-state index in [0.29, 0.717) is 12.0 Å². The lowest BCUT2D eigenvalue weighted by Gasteiger charge is -2.36. The van der Waals surface area contributed by atoms with Gasteiger partial charge in [-0.3, -0.25) is 4.79 Å². The first kappa shape index (κ1) is 22.4. The Kier molecular flexibility index (Phi) is 6.92. The summed E-state index contributed by atoms with van der Waals surface area (Å²) >= 11 is 2.05. The van der Waals surface area contributed by atoms with Crippen LogP contribution in [-0.4, -0.2) is 61.4 Å². The fraction of sp³-hybridized carbons (Fsp3) is 0.526. The van der Waals surface area contributed by atoms with E-state index in [1.54, 1.807) is 58.0 Å². The van der Waals surface area contributed by atoms with Crippen molar-refractivity contribution in [2.24, 2.45) is 0 Å². The lowest BCUT2D eigenvalue weighted by Crippen LogP contribution is -2.54. The highest BCUT2D eigenvalue weighted by Crippen LogP contribution is 2.34. The summed E-state index contributed by atoms with van der Waals surface area (Å²) in [5.74, 6) is -1.85. The number of nitrogens with zero attached hydrogens (tertiary/aromatic N) is 2. The molecule has 0 bridgehead atoms. The van der Waals surface area contributed by atoms with Crippen LogP contribution in [0.3, 0.4) is 0 Å². The summed E-state index contributed by atoms with van der Waals surface area (Å²) in [6, 6.07) is 7.11. The minimum atomic E-state index is -1.23. The van der Waals surface area contributed by atoms with Crippen LogP contribution in [0.2, 0.25) is 0 Å². The minimum absolute atomic E-state index is 0.162. The van der Waals surface area contributed by atoms with E-state index < -0.39 is 33.2 Å². The summed E-state index contributed by atoms with van der Waals surface area (Å²) in [7, 11) is 0. The zero-order valence-corrected chi connectivity index (χ0v) is 18.5. The van der Waals surface area contributed by atoms with Crippen LogP contribution in [0.1, 0.15) is 44.5 Å². The topological polar surface area (TPSA) is 96.4 Å². The number of carboxylic acid groups (broad SMARTS) is 1. The van der Waals surface area contributed by atoms with Gasteiger partial charge in [0.1, 0.15) is 9.15 Å². The molecule has 8 nitrogen and oxygen atoms in total. The first-order chi connectivity index (χ1) is 12.9. The van der Waals surface area contributed by atoms with Crippen LogP contribution in [0, 0.1) is 0 Å².